The molecule has 0 radical (unpaired) electrons. The fourth-order valence-electron chi connectivity index (χ4n) is 4.92. The van der Waals surface area contributed by atoms with Gasteiger partial charge >= 0.3 is 0 Å². The normalized spacial score (nSPS) is 21.5. The number of nitrogens with zero attached hydrogens (tertiary/aromatic N) is 3. The van der Waals surface area contributed by atoms with Crippen molar-refractivity contribution < 1.29 is 19.1 Å². The second-order valence-electron chi connectivity index (χ2n) is 8.43. The highest BCUT2D eigenvalue weighted by molar-refractivity contribution is 6.03. The first kappa shape index (κ1) is 20.0. The number of carbonyl (C=O) groups excluding carboxylic acids is 2. The van der Waals surface area contributed by atoms with Crippen LogP contribution in [-0.2, 0) is 11.3 Å². The highest BCUT2D eigenvalue weighted by atomic mass is 16.5. The van der Waals surface area contributed by atoms with E-state index in [-0.39, 0.29) is 29.8 Å². The van der Waals surface area contributed by atoms with E-state index < -0.39 is 0 Å². The number of pyridine rings is 1. The summed E-state index contributed by atoms with van der Waals surface area (Å²) in [5.41, 5.74) is 2.62. The lowest BCUT2D eigenvalue weighted by Gasteiger charge is -2.33. The quantitative estimate of drug-likeness (QED) is 0.758. The topological polar surface area (TPSA) is 72.0 Å². The van der Waals surface area contributed by atoms with Crippen molar-refractivity contribution in [3.05, 3.63) is 58.8 Å². The third kappa shape index (κ3) is 3.67. The molecular weight excluding hydrogens is 394 g/mol. The zero-order valence-electron chi connectivity index (χ0n) is 17.8. The van der Waals surface area contributed by atoms with E-state index in [4.69, 9.17) is 9.47 Å². The molecule has 0 N–H and O–H groups in total. The van der Waals surface area contributed by atoms with Gasteiger partial charge in [0.1, 0.15) is 11.7 Å². The van der Waals surface area contributed by atoms with Crippen molar-refractivity contribution in [2.75, 3.05) is 26.8 Å². The second-order valence-corrected chi connectivity index (χ2v) is 8.43. The predicted molar refractivity (Wildman–Crippen MR) is 114 cm³/mol. The summed E-state index contributed by atoms with van der Waals surface area (Å²) in [7, 11) is 1.52. The average molecular weight is 421 g/mol. The van der Waals surface area contributed by atoms with Crippen LogP contribution in [-0.4, -0.2) is 59.4 Å². The Labute approximate surface area is 182 Å². The van der Waals surface area contributed by atoms with Crippen LogP contribution >= 0.6 is 0 Å². The first-order valence-electron chi connectivity index (χ1n) is 11.0. The van der Waals surface area contributed by atoms with Gasteiger partial charge in [0.15, 0.2) is 0 Å². The number of rotatable bonds is 4. The minimum atomic E-state index is -0.177. The van der Waals surface area contributed by atoms with Crippen molar-refractivity contribution in [1.82, 2.24) is 14.8 Å². The van der Waals surface area contributed by atoms with Crippen molar-refractivity contribution in [2.24, 2.45) is 0 Å². The molecule has 5 rings (SSSR count). The monoisotopic (exact) mass is 421 g/mol. The number of hydrogen-bond donors (Lipinski definition) is 0. The Morgan fingerprint density at radius 2 is 1.97 bits per heavy atom. The lowest BCUT2D eigenvalue weighted by molar-refractivity contribution is -0.0229. The van der Waals surface area contributed by atoms with Crippen LogP contribution in [0.4, 0.5) is 0 Å². The van der Waals surface area contributed by atoms with Crippen LogP contribution in [0.2, 0.25) is 0 Å². The average Bonchev–Trinajstić information content (AvgIpc) is 3.46. The number of benzene rings is 1. The minimum Gasteiger partial charge on any atom is -0.480 e. The third-order valence-corrected chi connectivity index (χ3v) is 6.59. The van der Waals surface area contributed by atoms with Gasteiger partial charge < -0.3 is 19.3 Å². The van der Waals surface area contributed by atoms with Gasteiger partial charge in [-0.2, -0.15) is 0 Å². The van der Waals surface area contributed by atoms with Gasteiger partial charge in [-0.1, -0.05) is 43.2 Å². The van der Waals surface area contributed by atoms with E-state index >= 15 is 0 Å². The predicted octanol–water partition coefficient (Wildman–Crippen LogP) is 3.20. The molecule has 7 heteroatoms. The van der Waals surface area contributed by atoms with E-state index in [0.717, 1.165) is 31.2 Å². The van der Waals surface area contributed by atoms with Crippen molar-refractivity contribution >= 4 is 11.8 Å². The molecule has 1 aromatic heterocycles. The van der Waals surface area contributed by atoms with Crippen molar-refractivity contribution in [1.29, 1.82) is 0 Å². The molecule has 2 amide bonds. The molecule has 1 aromatic carbocycles. The molecule has 2 aliphatic heterocycles. The Kier molecular flexibility index (Phi) is 5.36. The van der Waals surface area contributed by atoms with Gasteiger partial charge in [-0.15, -0.1) is 0 Å². The van der Waals surface area contributed by atoms with E-state index in [2.05, 4.69) is 4.98 Å². The number of fused-ring (bicyclic) bond motifs is 1. The minimum absolute atomic E-state index is 0.0183. The molecule has 0 bridgehead atoms. The Balaban J connectivity index is 1.40. The van der Waals surface area contributed by atoms with E-state index in [1.165, 1.54) is 7.11 Å². The molecular formula is C24H27N3O4. The number of aromatic nitrogens is 1. The highest BCUT2D eigenvalue weighted by Crippen LogP contribution is 2.34. The molecule has 1 saturated carbocycles. The van der Waals surface area contributed by atoms with E-state index in [0.29, 0.717) is 43.1 Å². The molecule has 2 fully saturated rings. The van der Waals surface area contributed by atoms with Crippen LogP contribution in [0.25, 0.3) is 0 Å². The van der Waals surface area contributed by atoms with Gasteiger partial charge in [-0.3, -0.25) is 9.59 Å². The highest BCUT2D eigenvalue weighted by Gasteiger charge is 2.37. The molecule has 3 aliphatic rings. The van der Waals surface area contributed by atoms with Gasteiger partial charge in [-0.25, -0.2) is 4.98 Å². The molecule has 7 nitrogen and oxygen atoms in total. The summed E-state index contributed by atoms with van der Waals surface area (Å²) >= 11 is 0. The summed E-state index contributed by atoms with van der Waals surface area (Å²) in [5, 5.41) is 0. The summed E-state index contributed by atoms with van der Waals surface area (Å²) < 4.78 is 11.4. The fraction of sp³-hybridized carbons (Fsp3) is 0.458. The van der Waals surface area contributed by atoms with Crippen LogP contribution < -0.4 is 4.74 Å². The molecule has 1 saturated heterocycles. The van der Waals surface area contributed by atoms with Gasteiger partial charge in [0.05, 0.1) is 38.1 Å². The molecule has 2 aromatic rings. The number of hydrogen-bond acceptors (Lipinski definition) is 5. The van der Waals surface area contributed by atoms with Crippen LogP contribution in [0, 0.1) is 0 Å². The summed E-state index contributed by atoms with van der Waals surface area (Å²) in [6.07, 6.45) is 4.22. The lowest BCUT2D eigenvalue weighted by Crippen LogP contribution is -2.42. The number of amides is 2. The zero-order valence-corrected chi connectivity index (χ0v) is 17.8. The molecule has 162 valence electrons. The maximum atomic E-state index is 13.4. The maximum Gasteiger partial charge on any atom is 0.259 e. The zero-order chi connectivity index (χ0) is 21.4. The van der Waals surface area contributed by atoms with E-state index in [1.54, 1.807) is 11.0 Å². The van der Waals surface area contributed by atoms with Gasteiger partial charge in [-0.05, 0) is 24.5 Å². The maximum absolute atomic E-state index is 13.4. The number of methoxy groups -OCH3 is 1. The first-order chi connectivity index (χ1) is 15.2. The van der Waals surface area contributed by atoms with Gasteiger partial charge in [0, 0.05) is 12.6 Å². The van der Waals surface area contributed by atoms with Crippen LogP contribution in [0.1, 0.15) is 63.8 Å². The third-order valence-electron chi connectivity index (χ3n) is 6.59. The summed E-state index contributed by atoms with van der Waals surface area (Å²) in [4.78, 5) is 34.8. The fourth-order valence-corrected chi connectivity index (χ4v) is 4.92. The molecule has 1 atom stereocenters. The summed E-state index contributed by atoms with van der Waals surface area (Å²) in [5.74, 6) is 0.0892. The van der Waals surface area contributed by atoms with Crippen LogP contribution in [0.5, 0.6) is 5.88 Å². The first-order valence-corrected chi connectivity index (χ1v) is 11.0. The number of ether oxygens (including phenoxy) is 2. The van der Waals surface area contributed by atoms with E-state index in [9.17, 15) is 9.59 Å². The lowest BCUT2D eigenvalue weighted by atomic mass is 10.1. The van der Waals surface area contributed by atoms with E-state index in [1.807, 2.05) is 35.2 Å². The van der Waals surface area contributed by atoms with Crippen molar-refractivity contribution in [3.8, 4) is 5.88 Å². The Morgan fingerprint density at radius 1 is 1.19 bits per heavy atom. The standard InChI is InChI=1S/C24H27N3O4/c1-30-22-19(13-18-20(25-22)14-27(24(18)29)17-9-5-6-10-17)23(28)26-11-12-31-21(15-26)16-7-3-2-4-8-16/h2-4,7-8,13,17,21H,5-6,9-12,14-15H2,1H3/t21-/m0/s1. The second kappa shape index (κ2) is 8.30. The van der Waals surface area contributed by atoms with Crippen LogP contribution in [0.15, 0.2) is 36.4 Å². The van der Waals surface area contributed by atoms with Crippen molar-refractivity contribution in [3.63, 3.8) is 0 Å². The molecule has 3 heterocycles. The number of morpholine rings is 1. The summed E-state index contributed by atoms with van der Waals surface area (Å²) in [6, 6.07) is 11.9. The van der Waals surface area contributed by atoms with Gasteiger partial charge in [0.2, 0.25) is 5.88 Å². The SMILES string of the molecule is COc1nc2c(cc1C(=O)N1CCO[C@H](c3ccccc3)C1)C(=O)N(C1CCCC1)C2. The number of carbonyl (C=O) groups is 2. The largest absolute Gasteiger partial charge is 0.480 e. The van der Waals surface area contributed by atoms with Crippen LogP contribution in [0.3, 0.4) is 0 Å². The smallest absolute Gasteiger partial charge is 0.259 e. The summed E-state index contributed by atoms with van der Waals surface area (Å²) in [6.45, 7) is 1.90. The Morgan fingerprint density at radius 3 is 2.71 bits per heavy atom. The molecule has 0 unspecified atom stereocenters. The molecule has 31 heavy (non-hydrogen) atoms. The molecule has 0 spiro atoms. The Hall–Kier alpha value is -2.93. The van der Waals surface area contributed by atoms with Crippen molar-refractivity contribution in [2.45, 2.75) is 44.4 Å². The Bertz CT molecular complexity index is 988. The van der Waals surface area contributed by atoms with Gasteiger partial charge in [0.25, 0.3) is 11.8 Å². The molecule has 1 aliphatic carbocycles.